The van der Waals surface area contributed by atoms with E-state index in [9.17, 15) is 0 Å². The van der Waals surface area contributed by atoms with E-state index in [4.69, 9.17) is 23.2 Å². The van der Waals surface area contributed by atoms with Crippen LogP contribution in [0.25, 0.3) is 10.9 Å². The van der Waals surface area contributed by atoms with Gasteiger partial charge in [0.15, 0.2) is 0 Å². The van der Waals surface area contributed by atoms with Gasteiger partial charge in [0.2, 0.25) is 0 Å². The molecule has 118 valence electrons. The zero-order chi connectivity index (χ0) is 16.4. The number of aryl methyl sites for hydroxylation is 1. The van der Waals surface area contributed by atoms with E-state index in [1.807, 2.05) is 36.5 Å². The van der Waals surface area contributed by atoms with Crippen molar-refractivity contribution in [3.63, 3.8) is 0 Å². The van der Waals surface area contributed by atoms with Gasteiger partial charge < -0.3 is 9.99 Å². The monoisotopic (exact) mass is 345 g/mol. The first-order chi connectivity index (χ1) is 11.1. The number of nitrogens with zero attached hydrogens (tertiary/aromatic N) is 2. The minimum atomic E-state index is 0.485. The molecule has 0 saturated heterocycles. The van der Waals surface area contributed by atoms with E-state index in [1.165, 1.54) is 16.6 Å². The van der Waals surface area contributed by atoms with Crippen molar-refractivity contribution in [3.05, 3.63) is 69.3 Å². The summed E-state index contributed by atoms with van der Waals surface area (Å²) >= 11 is 12.3. The van der Waals surface area contributed by atoms with Crippen molar-refractivity contribution in [2.45, 2.75) is 13.5 Å². The molecule has 3 rings (SSSR count). The van der Waals surface area contributed by atoms with Crippen LogP contribution in [0.5, 0.6) is 0 Å². The quantitative estimate of drug-likeness (QED) is 0.527. The van der Waals surface area contributed by atoms with Gasteiger partial charge in [-0.15, -0.1) is 0 Å². The molecule has 3 nitrogen and oxygen atoms in total. The highest BCUT2D eigenvalue weighted by atomic mass is 35.5. The van der Waals surface area contributed by atoms with Crippen LogP contribution >= 0.6 is 23.2 Å². The van der Waals surface area contributed by atoms with Crippen LogP contribution in [-0.2, 0) is 13.6 Å². The molecule has 0 radical (unpaired) electrons. The average molecular weight is 346 g/mol. The first-order valence-electron chi connectivity index (χ1n) is 7.32. The highest BCUT2D eigenvalue weighted by molar-refractivity contribution is 6.35. The molecule has 1 N–H and O–H groups in total. The van der Waals surface area contributed by atoms with E-state index in [0.717, 1.165) is 11.1 Å². The van der Waals surface area contributed by atoms with Gasteiger partial charge in [-0.05, 0) is 25.1 Å². The molecule has 0 spiro atoms. The predicted octanol–water partition coefficient (Wildman–Crippen LogP) is 4.92. The Bertz CT molecular complexity index is 861. The highest BCUT2D eigenvalue weighted by Crippen LogP contribution is 2.24. The van der Waals surface area contributed by atoms with Crippen LogP contribution in [0.15, 0.2) is 47.6 Å². The van der Waals surface area contributed by atoms with Crippen molar-refractivity contribution in [1.29, 1.82) is 0 Å². The van der Waals surface area contributed by atoms with E-state index in [0.29, 0.717) is 16.6 Å². The number of halogens is 2. The second kappa shape index (κ2) is 6.65. The third-order valence-electron chi connectivity index (χ3n) is 4.05. The minimum Gasteiger partial charge on any atom is -0.347 e. The highest BCUT2D eigenvalue weighted by Gasteiger charge is 2.09. The fraction of sp³-hybridized carbons (Fsp3) is 0.167. The lowest BCUT2D eigenvalue weighted by atomic mass is 10.1. The van der Waals surface area contributed by atoms with Crippen LogP contribution in [0, 0.1) is 6.92 Å². The Labute approximate surface area is 145 Å². The lowest BCUT2D eigenvalue weighted by Gasteiger charge is -2.06. The lowest BCUT2D eigenvalue weighted by molar-refractivity contribution is 0.748. The largest absolute Gasteiger partial charge is 0.347 e. The first-order valence-corrected chi connectivity index (χ1v) is 8.08. The molecule has 0 saturated carbocycles. The summed E-state index contributed by atoms with van der Waals surface area (Å²) in [5.41, 5.74) is 7.35. The zero-order valence-corrected chi connectivity index (χ0v) is 14.5. The van der Waals surface area contributed by atoms with Gasteiger partial charge in [0.1, 0.15) is 0 Å². The van der Waals surface area contributed by atoms with Gasteiger partial charge in [-0.2, -0.15) is 5.10 Å². The van der Waals surface area contributed by atoms with Crippen LogP contribution in [0.3, 0.4) is 0 Å². The first kappa shape index (κ1) is 15.9. The summed E-state index contributed by atoms with van der Waals surface area (Å²) in [7, 11) is 2.06. The zero-order valence-electron chi connectivity index (χ0n) is 13.0. The fourth-order valence-electron chi connectivity index (χ4n) is 2.65. The smallest absolute Gasteiger partial charge is 0.0609 e. The number of benzene rings is 2. The molecule has 0 amide bonds. The van der Waals surface area contributed by atoms with Gasteiger partial charge in [0.05, 0.1) is 12.8 Å². The van der Waals surface area contributed by atoms with Gasteiger partial charge in [0.25, 0.3) is 0 Å². The van der Waals surface area contributed by atoms with Crippen molar-refractivity contribution < 1.29 is 0 Å². The number of hydrogen-bond donors (Lipinski definition) is 1. The van der Waals surface area contributed by atoms with Gasteiger partial charge in [-0.25, -0.2) is 0 Å². The molecule has 0 bridgehead atoms. The Hall–Kier alpha value is -1.97. The van der Waals surface area contributed by atoms with Crippen molar-refractivity contribution >= 4 is 40.3 Å². The third-order valence-corrected chi connectivity index (χ3v) is 4.76. The molecule has 0 aliphatic heterocycles. The summed E-state index contributed by atoms with van der Waals surface area (Å²) in [6, 6.07) is 13.8. The summed E-state index contributed by atoms with van der Waals surface area (Å²) in [6.45, 7) is 2.57. The van der Waals surface area contributed by atoms with Gasteiger partial charge in [-0.1, -0.05) is 47.5 Å². The van der Waals surface area contributed by atoms with E-state index in [2.05, 4.69) is 41.2 Å². The maximum Gasteiger partial charge on any atom is 0.0609 e. The van der Waals surface area contributed by atoms with E-state index < -0.39 is 0 Å². The molecule has 23 heavy (non-hydrogen) atoms. The number of rotatable bonds is 4. The maximum absolute atomic E-state index is 6.15. The Morgan fingerprint density at radius 3 is 2.52 bits per heavy atom. The summed E-state index contributed by atoms with van der Waals surface area (Å²) in [4.78, 5) is 0. The van der Waals surface area contributed by atoms with Gasteiger partial charge >= 0.3 is 0 Å². The number of nitrogens with one attached hydrogen (secondary N) is 1. The minimum absolute atomic E-state index is 0.485. The molecule has 0 aliphatic carbocycles. The van der Waals surface area contributed by atoms with Crippen LogP contribution in [-0.4, -0.2) is 10.8 Å². The summed E-state index contributed by atoms with van der Waals surface area (Å²) < 4.78 is 2.17. The Morgan fingerprint density at radius 2 is 1.78 bits per heavy atom. The predicted molar refractivity (Wildman–Crippen MR) is 98.6 cm³/mol. The van der Waals surface area contributed by atoms with Gasteiger partial charge in [0, 0.05) is 44.8 Å². The normalized spacial score (nSPS) is 11.5. The van der Waals surface area contributed by atoms with Crippen molar-refractivity contribution in [2.75, 3.05) is 0 Å². The Morgan fingerprint density at radius 1 is 1.09 bits per heavy atom. The second-order valence-corrected chi connectivity index (χ2v) is 6.18. The van der Waals surface area contributed by atoms with Crippen LogP contribution in [0.4, 0.5) is 0 Å². The van der Waals surface area contributed by atoms with Crippen molar-refractivity contribution in [2.24, 2.45) is 12.1 Å². The number of para-hydroxylation sites is 1. The number of fused-ring (bicyclic) bond motifs is 1. The summed E-state index contributed by atoms with van der Waals surface area (Å²) in [5, 5.41) is 6.81. The standard InChI is InChI=1S/C18H17Cl2N3/c1-12-14(13-6-3-4-9-18(13)23(12)2)10-21-22-11-15-16(19)7-5-8-17(15)20/h3-10,22H,11H2,1-2H3/b21-10-. The molecular weight excluding hydrogens is 329 g/mol. The molecule has 2 aromatic carbocycles. The number of hydrogen-bond acceptors (Lipinski definition) is 2. The van der Waals surface area contributed by atoms with E-state index in [1.54, 1.807) is 0 Å². The molecule has 1 heterocycles. The molecular formula is C18H17Cl2N3. The molecule has 0 fully saturated rings. The average Bonchev–Trinajstić information content (AvgIpc) is 2.79. The van der Waals surface area contributed by atoms with Crippen molar-refractivity contribution in [1.82, 2.24) is 9.99 Å². The van der Waals surface area contributed by atoms with Crippen LogP contribution in [0.2, 0.25) is 10.0 Å². The molecule has 0 aliphatic rings. The number of aromatic nitrogens is 1. The summed E-state index contributed by atoms with van der Waals surface area (Å²) in [6.07, 6.45) is 1.85. The van der Waals surface area contributed by atoms with E-state index in [-0.39, 0.29) is 0 Å². The fourth-order valence-corrected chi connectivity index (χ4v) is 3.18. The third kappa shape index (κ3) is 3.07. The maximum atomic E-state index is 6.15. The lowest BCUT2D eigenvalue weighted by Crippen LogP contribution is -2.07. The molecule has 1 aromatic heterocycles. The Balaban J connectivity index is 1.81. The number of hydrazone groups is 1. The van der Waals surface area contributed by atoms with Gasteiger partial charge in [-0.3, -0.25) is 0 Å². The summed E-state index contributed by atoms with van der Waals surface area (Å²) in [5.74, 6) is 0. The van der Waals surface area contributed by atoms with E-state index >= 15 is 0 Å². The van der Waals surface area contributed by atoms with Crippen molar-refractivity contribution in [3.8, 4) is 0 Å². The topological polar surface area (TPSA) is 29.3 Å². The van der Waals surface area contributed by atoms with Crippen LogP contribution < -0.4 is 5.43 Å². The Kier molecular flexibility index (Phi) is 4.60. The SMILES string of the molecule is Cc1c(/C=N\NCc2c(Cl)cccc2Cl)c2ccccc2n1C. The molecule has 3 aromatic rings. The molecule has 5 heteroatoms. The van der Waals surface area contributed by atoms with Crippen LogP contribution in [0.1, 0.15) is 16.8 Å². The molecule has 0 atom stereocenters. The second-order valence-electron chi connectivity index (χ2n) is 5.37. The molecule has 0 unspecified atom stereocenters.